The lowest BCUT2D eigenvalue weighted by atomic mass is 10.2. The van der Waals surface area contributed by atoms with E-state index in [0.717, 1.165) is 37.2 Å². The zero-order valence-electron chi connectivity index (χ0n) is 20.3. The molecule has 0 spiro atoms. The quantitative estimate of drug-likeness (QED) is 0.123. The minimum Gasteiger partial charge on any atom is -1.00 e. The van der Waals surface area contributed by atoms with Gasteiger partial charge in [-0.05, 0) is 62.1 Å². The molecule has 3 aromatic carbocycles. The molecule has 3 rings (SSSR count). The Balaban J connectivity index is 0.000000590. The van der Waals surface area contributed by atoms with Gasteiger partial charge in [0, 0.05) is 18.2 Å². The zero-order chi connectivity index (χ0) is 24.3. The summed E-state index contributed by atoms with van der Waals surface area (Å²) in [5.41, 5.74) is 0. The first-order valence-electron chi connectivity index (χ1n) is 12.1. The standard InChI is InChI=1S/C24H25NP.C6H10BrN.BrH/c1-25-20-12-5-13-21-26(22-14-6-2-7-15-22,23-16-8-3-9-17-23)24-18-10-4-11-19-24;1-8-6-4-2-3-5-7;/h2-4,6-11,14-19H,5,12-13,20-21H2;2-6H2;1H/q+1;;/p-1. The van der Waals surface area contributed by atoms with Crippen LogP contribution in [0, 0.1) is 13.1 Å². The molecule has 0 N–H and O–H groups in total. The smallest absolute Gasteiger partial charge is 0.214 e. The Morgan fingerprint density at radius 2 is 0.914 bits per heavy atom. The zero-order valence-corrected chi connectivity index (χ0v) is 24.4. The second-order valence-corrected chi connectivity index (χ2v) is 12.5. The first kappa shape index (κ1) is 31.1. The molecule has 0 bridgehead atoms. The molecule has 0 unspecified atom stereocenters. The van der Waals surface area contributed by atoms with Crippen LogP contribution >= 0.6 is 23.2 Å². The van der Waals surface area contributed by atoms with E-state index >= 15 is 0 Å². The number of alkyl halides is 1. The summed E-state index contributed by atoms with van der Waals surface area (Å²) >= 11 is 3.32. The third-order valence-corrected chi connectivity index (χ3v) is 10.8. The van der Waals surface area contributed by atoms with Gasteiger partial charge in [-0.1, -0.05) is 70.5 Å². The summed E-state index contributed by atoms with van der Waals surface area (Å²) in [5.74, 6) is 0. The maximum atomic E-state index is 7.00. The monoisotopic (exact) mass is 612 g/mol. The number of benzene rings is 3. The van der Waals surface area contributed by atoms with Crippen LogP contribution in [0.4, 0.5) is 0 Å². The number of hydrogen-bond donors (Lipinski definition) is 0. The predicted octanol–water partition coefficient (Wildman–Crippen LogP) is 4.54. The Bertz CT molecular complexity index is 903. The van der Waals surface area contributed by atoms with E-state index in [1.54, 1.807) is 0 Å². The van der Waals surface area contributed by atoms with Crippen molar-refractivity contribution in [3.63, 3.8) is 0 Å². The van der Waals surface area contributed by atoms with Crippen molar-refractivity contribution in [2.45, 2.75) is 38.5 Å². The predicted molar refractivity (Wildman–Crippen MR) is 154 cm³/mol. The van der Waals surface area contributed by atoms with Gasteiger partial charge in [0.1, 0.15) is 23.2 Å². The van der Waals surface area contributed by atoms with Crippen molar-refractivity contribution >= 4 is 39.1 Å². The molecular formula is C30H35Br2N2P. The second-order valence-electron chi connectivity index (χ2n) is 8.11. The normalized spacial score (nSPS) is 10.1. The molecule has 0 saturated carbocycles. The largest absolute Gasteiger partial charge is 1.00 e. The molecule has 0 amide bonds. The van der Waals surface area contributed by atoms with Crippen molar-refractivity contribution in [3.05, 3.63) is 114 Å². The van der Waals surface area contributed by atoms with Crippen molar-refractivity contribution in [1.29, 1.82) is 0 Å². The van der Waals surface area contributed by atoms with Gasteiger partial charge < -0.3 is 26.7 Å². The molecule has 0 radical (unpaired) electrons. The van der Waals surface area contributed by atoms with E-state index in [4.69, 9.17) is 13.1 Å². The lowest BCUT2D eigenvalue weighted by Gasteiger charge is -2.27. The van der Waals surface area contributed by atoms with Crippen LogP contribution in [0.1, 0.15) is 38.5 Å². The molecule has 0 aromatic heterocycles. The fraction of sp³-hybridized carbons (Fsp3) is 0.333. The van der Waals surface area contributed by atoms with Crippen LogP contribution in [0.25, 0.3) is 9.69 Å². The number of halogens is 2. The van der Waals surface area contributed by atoms with Gasteiger partial charge in [-0.2, -0.15) is 0 Å². The van der Waals surface area contributed by atoms with Crippen LogP contribution in [-0.2, 0) is 0 Å². The van der Waals surface area contributed by atoms with E-state index in [-0.39, 0.29) is 17.0 Å². The molecule has 3 aromatic rings. The first-order valence-corrected chi connectivity index (χ1v) is 15.2. The summed E-state index contributed by atoms with van der Waals surface area (Å²) in [6.07, 6.45) is 7.89. The minimum atomic E-state index is -1.68. The SMILES string of the molecule is [Br-].[C-]#[N+]CCCCCBr.[C-]#[N+]CCCCC[P+](c1ccccc1)(c1ccccc1)c1ccccc1. The van der Waals surface area contributed by atoms with Crippen LogP contribution in [0.3, 0.4) is 0 Å². The fourth-order valence-corrected chi connectivity index (χ4v) is 8.87. The highest BCUT2D eigenvalue weighted by atomic mass is 79.9. The highest BCUT2D eigenvalue weighted by Crippen LogP contribution is 2.55. The Hall–Kier alpha value is -1.97. The fourth-order valence-electron chi connectivity index (χ4n) is 4.06. The third-order valence-electron chi connectivity index (χ3n) is 5.76. The summed E-state index contributed by atoms with van der Waals surface area (Å²) in [4.78, 5) is 6.75. The molecule has 35 heavy (non-hydrogen) atoms. The van der Waals surface area contributed by atoms with E-state index < -0.39 is 7.26 Å². The van der Waals surface area contributed by atoms with E-state index in [1.807, 2.05) is 0 Å². The van der Waals surface area contributed by atoms with Gasteiger partial charge in [0.05, 0.1) is 6.16 Å². The first-order chi connectivity index (χ1) is 16.8. The molecule has 0 aliphatic heterocycles. The third kappa shape index (κ3) is 10.3. The number of hydrogen-bond acceptors (Lipinski definition) is 0. The van der Waals surface area contributed by atoms with Crippen LogP contribution in [0.5, 0.6) is 0 Å². The molecule has 2 nitrogen and oxygen atoms in total. The molecule has 0 aliphatic rings. The average molecular weight is 614 g/mol. The average Bonchev–Trinajstić information content (AvgIpc) is 2.91. The minimum absolute atomic E-state index is 0. The highest BCUT2D eigenvalue weighted by Gasteiger charge is 2.44. The molecule has 184 valence electrons. The van der Waals surface area contributed by atoms with Crippen molar-refractivity contribution < 1.29 is 17.0 Å². The van der Waals surface area contributed by atoms with Crippen LogP contribution in [0.2, 0.25) is 0 Å². The molecule has 0 aliphatic carbocycles. The Kier molecular flexibility index (Phi) is 17.1. The van der Waals surface area contributed by atoms with Crippen LogP contribution in [0.15, 0.2) is 91.0 Å². The lowest BCUT2D eigenvalue weighted by molar-refractivity contribution is -0.00000680. The summed E-state index contributed by atoms with van der Waals surface area (Å²) in [5, 5.41) is 5.41. The van der Waals surface area contributed by atoms with Crippen molar-refractivity contribution in [2.24, 2.45) is 0 Å². The van der Waals surface area contributed by atoms with E-state index in [9.17, 15) is 0 Å². The lowest BCUT2D eigenvalue weighted by Crippen LogP contribution is -3.00. The summed E-state index contributed by atoms with van der Waals surface area (Å²) in [7, 11) is -1.68. The van der Waals surface area contributed by atoms with Crippen LogP contribution < -0.4 is 32.9 Å². The molecular weight excluding hydrogens is 579 g/mol. The Labute approximate surface area is 232 Å². The molecule has 5 heteroatoms. The van der Waals surface area contributed by atoms with Crippen molar-refractivity contribution in [3.8, 4) is 0 Å². The van der Waals surface area contributed by atoms with Gasteiger partial charge >= 0.3 is 0 Å². The summed E-state index contributed by atoms with van der Waals surface area (Å²) in [6, 6.07) is 33.1. The second kappa shape index (κ2) is 19.2. The van der Waals surface area contributed by atoms with Gasteiger partial charge in [-0.3, -0.25) is 0 Å². The molecule has 0 fully saturated rings. The van der Waals surface area contributed by atoms with E-state index in [2.05, 4.69) is 117 Å². The van der Waals surface area contributed by atoms with E-state index in [1.165, 1.54) is 28.8 Å². The number of nitrogens with zero attached hydrogens (tertiary/aromatic N) is 2. The Morgan fingerprint density at radius 3 is 1.26 bits per heavy atom. The summed E-state index contributed by atoms with van der Waals surface area (Å²) < 4.78 is 0. The van der Waals surface area contributed by atoms with Gasteiger partial charge in [-0.15, -0.1) is 0 Å². The number of unbranched alkanes of at least 4 members (excludes halogenated alkanes) is 4. The molecule has 0 atom stereocenters. The van der Waals surface area contributed by atoms with E-state index in [0.29, 0.717) is 13.1 Å². The van der Waals surface area contributed by atoms with Gasteiger partial charge in [-0.25, -0.2) is 13.1 Å². The maximum absolute atomic E-state index is 7.00. The Morgan fingerprint density at radius 1 is 0.543 bits per heavy atom. The topological polar surface area (TPSA) is 8.72 Å². The van der Waals surface area contributed by atoms with Crippen molar-refractivity contribution in [1.82, 2.24) is 0 Å². The van der Waals surface area contributed by atoms with Gasteiger partial charge in [0.15, 0.2) is 0 Å². The maximum Gasteiger partial charge on any atom is 0.214 e. The number of rotatable bonds is 12. The summed E-state index contributed by atoms with van der Waals surface area (Å²) in [6.45, 7) is 14.8. The van der Waals surface area contributed by atoms with Gasteiger partial charge in [0.2, 0.25) is 13.1 Å². The van der Waals surface area contributed by atoms with Crippen molar-refractivity contribution in [2.75, 3.05) is 24.6 Å². The van der Waals surface area contributed by atoms with Gasteiger partial charge in [0.25, 0.3) is 0 Å². The van der Waals surface area contributed by atoms with Crippen LogP contribution in [-0.4, -0.2) is 24.6 Å². The molecule has 0 saturated heterocycles. The highest BCUT2D eigenvalue weighted by molar-refractivity contribution is 9.09. The molecule has 0 heterocycles.